The molecule has 1 saturated carbocycles. The summed E-state index contributed by atoms with van der Waals surface area (Å²) in [6.07, 6.45) is 5.45. The maximum absolute atomic E-state index is 3.94. The molecule has 2 aliphatic rings. The topological polar surface area (TPSA) is 15.3 Å². The molecule has 2 heterocycles. The van der Waals surface area contributed by atoms with Crippen molar-refractivity contribution in [3.05, 3.63) is 21.9 Å². The van der Waals surface area contributed by atoms with Crippen molar-refractivity contribution in [3.8, 4) is 0 Å². The SMILES string of the molecule is CCc1ccsc1CNC1C2CCCC1CN(C(C)C)C2. The molecule has 21 heavy (non-hydrogen) atoms. The quantitative estimate of drug-likeness (QED) is 0.887. The Kier molecular flexibility index (Phi) is 5.03. The Balaban J connectivity index is 1.63. The number of hydrogen-bond acceptors (Lipinski definition) is 3. The van der Waals surface area contributed by atoms with Crippen LogP contribution in [0.25, 0.3) is 0 Å². The van der Waals surface area contributed by atoms with Gasteiger partial charge in [-0.2, -0.15) is 0 Å². The number of nitrogens with one attached hydrogen (secondary N) is 1. The van der Waals surface area contributed by atoms with Gasteiger partial charge in [-0.15, -0.1) is 11.3 Å². The summed E-state index contributed by atoms with van der Waals surface area (Å²) < 4.78 is 0. The highest BCUT2D eigenvalue weighted by Gasteiger charge is 2.39. The molecule has 0 spiro atoms. The second-order valence-corrected chi connectivity index (χ2v) is 8.13. The zero-order valence-corrected chi connectivity index (χ0v) is 14.6. The van der Waals surface area contributed by atoms with E-state index >= 15 is 0 Å². The van der Waals surface area contributed by atoms with E-state index in [1.54, 1.807) is 4.88 Å². The minimum absolute atomic E-state index is 0.707. The van der Waals surface area contributed by atoms with E-state index in [1.165, 1.54) is 44.3 Å². The molecule has 1 saturated heterocycles. The molecular formula is C18H30N2S. The molecule has 0 radical (unpaired) electrons. The Morgan fingerprint density at radius 1 is 1.29 bits per heavy atom. The molecule has 1 aliphatic heterocycles. The molecule has 2 fully saturated rings. The van der Waals surface area contributed by atoms with E-state index in [9.17, 15) is 0 Å². The van der Waals surface area contributed by atoms with E-state index in [1.807, 2.05) is 11.3 Å². The Labute approximate surface area is 133 Å². The van der Waals surface area contributed by atoms with Crippen LogP contribution in [0.2, 0.25) is 0 Å². The van der Waals surface area contributed by atoms with E-state index in [4.69, 9.17) is 0 Å². The first-order valence-electron chi connectivity index (χ1n) is 8.71. The highest BCUT2D eigenvalue weighted by atomic mass is 32.1. The van der Waals surface area contributed by atoms with Crippen LogP contribution in [0.4, 0.5) is 0 Å². The molecule has 1 N–H and O–H groups in total. The highest BCUT2D eigenvalue weighted by Crippen LogP contribution is 2.36. The van der Waals surface area contributed by atoms with Gasteiger partial charge in [-0.05, 0) is 62.0 Å². The molecule has 2 unspecified atom stereocenters. The predicted molar refractivity (Wildman–Crippen MR) is 91.9 cm³/mol. The lowest BCUT2D eigenvalue weighted by atomic mass is 9.73. The van der Waals surface area contributed by atoms with Gasteiger partial charge in [0.05, 0.1) is 0 Å². The normalized spacial score (nSPS) is 30.0. The summed E-state index contributed by atoms with van der Waals surface area (Å²) >= 11 is 1.92. The van der Waals surface area contributed by atoms with Gasteiger partial charge in [0.25, 0.3) is 0 Å². The minimum atomic E-state index is 0.707. The van der Waals surface area contributed by atoms with Crippen molar-refractivity contribution < 1.29 is 0 Å². The Morgan fingerprint density at radius 3 is 2.62 bits per heavy atom. The van der Waals surface area contributed by atoms with Gasteiger partial charge >= 0.3 is 0 Å². The first kappa shape index (κ1) is 15.5. The van der Waals surface area contributed by atoms with Crippen LogP contribution >= 0.6 is 11.3 Å². The van der Waals surface area contributed by atoms with Crippen LogP contribution in [0.5, 0.6) is 0 Å². The van der Waals surface area contributed by atoms with E-state index in [2.05, 4.69) is 42.4 Å². The number of piperidine rings is 1. The number of nitrogens with zero attached hydrogens (tertiary/aromatic N) is 1. The third-order valence-corrected chi connectivity index (χ3v) is 6.51. The largest absolute Gasteiger partial charge is 0.308 e. The fourth-order valence-corrected chi connectivity index (χ4v) is 5.20. The maximum atomic E-state index is 3.94. The van der Waals surface area contributed by atoms with E-state index in [0.29, 0.717) is 6.04 Å². The van der Waals surface area contributed by atoms with Gasteiger partial charge in [-0.25, -0.2) is 0 Å². The van der Waals surface area contributed by atoms with Gasteiger partial charge in [-0.1, -0.05) is 13.3 Å². The van der Waals surface area contributed by atoms with Crippen molar-refractivity contribution in [2.24, 2.45) is 11.8 Å². The van der Waals surface area contributed by atoms with Gasteiger partial charge in [0.2, 0.25) is 0 Å². The molecule has 2 atom stereocenters. The minimum Gasteiger partial charge on any atom is -0.308 e. The van der Waals surface area contributed by atoms with Crippen LogP contribution in [0.3, 0.4) is 0 Å². The third-order valence-electron chi connectivity index (χ3n) is 5.55. The zero-order chi connectivity index (χ0) is 14.8. The molecule has 1 aromatic rings. The standard InChI is InChI=1S/C18H30N2S/c1-4-14-8-9-21-17(14)10-19-18-15-6-5-7-16(18)12-20(11-15)13(2)3/h8-9,13,15-16,18-19H,4-7,10-12H2,1-3H3. The molecule has 1 aliphatic carbocycles. The summed E-state index contributed by atoms with van der Waals surface area (Å²) in [5.74, 6) is 1.73. The number of aryl methyl sites for hydroxylation is 1. The number of rotatable bonds is 5. The lowest BCUT2D eigenvalue weighted by molar-refractivity contribution is 0.0291. The summed E-state index contributed by atoms with van der Waals surface area (Å²) in [6, 6.07) is 3.75. The van der Waals surface area contributed by atoms with E-state index in [-0.39, 0.29) is 0 Å². The second-order valence-electron chi connectivity index (χ2n) is 7.13. The Hall–Kier alpha value is -0.380. The van der Waals surface area contributed by atoms with Gasteiger partial charge in [-0.3, -0.25) is 0 Å². The Bertz CT molecular complexity index is 440. The molecule has 118 valence electrons. The van der Waals surface area contributed by atoms with Crippen LogP contribution in [0.15, 0.2) is 11.4 Å². The number of hydrogen-bond donors (Lipinski definition) is 1. The molecular weight excluding hydrogens is 276 g/mol. The first-order chi connectivity index (χ1) is 10.2. The van der Waals surface area contributed by atoms with Gasteiger partial charge in [0, 0.05) is 36.6 Å². The molecule has 0 amide bonds. The number of likely N-dealkylation sites (tertiary alicyclic amines) is 1. The summed E-state index contributed by atoms with van der Waals surface area (Å²) in [7, 11) is 0. The van der Waals surface area contributed by atoms with Gasteiger partial charge in [0.15, 0.2) is 0 Å². The molecule has 2 nitrogen and oxygen atoms in total. The predicted octanol–water partition coefficient (Wildman–Crippen LogP) is 3.91. The lowest BCUT2D eigenvalue weighted by Crippen LogP contribution is -2.58. The van der Waals surface area contributed by atoms with Crippen molar-refractivity contribution in [2.75, 3.05) is 13.1 Å². The summed E-state index contributed by atoms with van der Waals surface area (Å²) in [4.78, 5) is 4.26. The lowest BCUT2D eigenvalue weighted by Gasteiger charge is -2.49. The van der Waals surface area contributed by atoms with Crippen LogP contribution in [0.1, 0.15) is 50.5 Å². The second kappa shape index (κ2) is 6.80. The highest BCUT2D eigenvalue weighted by molar-refractivity contribution is 7.10. The number of thiophene rings is 1. The van der Waals surface area contributed by atoms with Crippen molar-refractivity contribution in [1.82, 2.24) is 10.2 Å². The van der Waals surface area contributed by atoms with Gasteiger partial charge < -0.3 is 10.2 Å². The third kappa shape index (κ3) is 3.35. The monoisotopic (exact) mass is 306 g/mol. The summed E-state index contributed by atoms with van der Waals surface area (Å²) in [6.45, 7) is 10.7. The van der Waals surface area contributed by atoms with Crippen LogP contribution < -0.4 is 5.32 Å². The van der Waals surface area contributed by atoms with Crippen LogP contribution in [0, 0.1) is 11.8 Å². The van der Waals surface area contributed by atoms with Crippen LogP contribution in [-0.4, -0.2) is 30.1 Å². The summed E-state index contributed by atoms with van der Waals surface area (Å²) in [5.41, 5.74) is 1.54. The van der Waals surface area contributed by atoms with Crippen molar-refractivity contribution in [1.29, 1.82) is 0 Å². The molecule has 2 bridgehead atoms. The number of fused-ring (bicyclic) bond motifs is 2. The van der Waals surface area contributed by atoms with E-state index < -0.39 is 0 Å². The first-order valence-corrected chi connectivity index (χ1v) is 9.59. The van der Waals surface area contributed by atoms with E-state index in [0.717, 1.165) is 24.4 Å². The smallest absolute Gasteiger partial charge is 0.0305 e. The molecule has 3 heteroatoms. The van der Waals surface area contributed by atoms with Gasteiger partial charge in [0.1, 0.15) is 0 Å². The average Bonchev–Trinajstić information content (AvgIpc) is 2.91. The summed E-state index contributed by atoms with van der Waals surface area (Å²) in [5, 5.41) is 6.19. The van der Waals surface area contributed by atoms with Crippen molar-refractivity contribution >= 4 is 11.3 Å². The fourth-order valence-electron chi connectivity index (χ4n) is 4.28. The molecule has 3 rings (SSSR count). The van der Waals surface area contributed by atoms with Crippen molar-refractivity contribution in [2.45, 2.75) is 65.1 Å². The Morgan fingerprint density at radius 2 is 2.00 bits per heavy atom. The fraction of sp³-hybridized carbons (Fsp3) is 0.778. The molecule has 0 aromatic carbocycles. The zero-order valence-electron chi connectivity index (χ0n) is 13.8. The van der Waals surface area contributed by atoms with Crippen molar-refractivity contribution in [3.63, 3.8) is 0 Å². The average molecular weight is 307 g/mol. The van der Waals surface area contributed by atoms with Crippen LogP contribution in [-0.2, 0) is 13.0 Å². The molecule has 1 aromatic heterocycles. The maximum Gasteiger partial charge on any atom is 0.0305 e.